The third kappa shape index (κ3) is 3.86. The predicted octanol–water partition coefficient (Wildman–Crippen LogP) is 1.67. The molecule has 1 saturated heterocycles. The standard InChI is InChI=1S/C14H21N3O3/c15-6-2-8-17(12-4-5-12)14(20)16-7-1-3-11(10-16)9-13(18)19/h11-12H,1-5,7-10H2,(H,18,19). The molecule has 6 nitrogen and oxygen atoms in total. The Hall–Kier alpha value is -1.77. The van der Waals surface area contributed by atoms with E-state index in [1.807, 2.05) is 0 Å². The van der Waals surface area contributed by atoms with Gasteiger partial charge in [0.2, 0.25) is 0 Å². The van der Waals surface area contributed by atoms with Crippen LogP contribution in [0.4, 0.5) is 4.79 Å². The summed E-state index contributed by atoms with van der Waals surface area (Å²) in [4.78, 5) is 26.9. The van der Waals surface area contributed by atoms with Crippen LogP contribution in [0.3, 0.4) is 0 Å². The molecule has 0 aromatic heterocycles. The summed E-state index contributed by atoms with van der Waals surface area (Å²) in [5.41, 5.74) is 0. The van der Waals surface area contributed by atoms with Crippen molar-refractivity contribution < 1.29 is 14.7 Å². The average molecular weight is 279 g/mol. The molecular formula is C14H21N3O3. The molecule has 1 aliphatic heterocycles. The number of piperidine rings is 1. The van der Waals surface area contributed by atoms with Gasteiger partial charge in [-0.25, -0.2) is 4.79 Å². The smallest absolute Gasteiger partial charge is 0.320 e. The van der Waals surface area contributed by atoms with E-state index in [-0.39, 0.29) is 24.4 Å². The fourth-order valence-electron chi connectivity index (χ4n) is 2.83. The van der Waals surface area contributed by atoms with Gasteiger partial charge in [-0.3, -0.25) is 4.79 Å². The monoisotopic (exact) mass is 279 g/mol. The van der Waals surface area contributed by atoms with Crippen molar-refractivity contribution in [3.05, 3.63) is 0 Å². The molecule has 6 heteroatoms. The van der Waals surface area contributed by atoms with Gasteiger partial charge in [0.1, 0.15) is 0 Å². The Labute approximate surface area is 119 Å². The zero-order chi connectivity index (χ0) is 14.5. The van der Waals surface area contributed by atoms with Crippen molar-refractivity contribution in [1.82, 2.24) is 9.80 Å². The second-order valence-electron chi connectivity index (χ2n) is 5.67. The van der Waals surface area contributed by atoms with Crippen LogP contribution in [-0.2, 0) is 4.79 Å². The zero-order valence-corrected chi connectivity index (χ0v) is 11.6. The molecule has 2 aliphatic rings. The summed E-state index contributed by atoms with van der Waals surface area (Å²) in [7, 11) is 0. The number of aliphatic carboxylic acids is 1. The van der Waals surface area contributed by atoms with Crippen LogP contribution >= 0.6 is 0 Å². The van der Waals surface area contributed by atoms with Crippen LogP contribution in [0.25, 0.3) is 0 Å². The maximum atomic E-state index is 12.5. The molecule has 0 radical (unpaired) electrons. The Kier molecular flexibility index (Phi) is 4.83. The predicted molar refractivity (Wildman–Crippen MR) is 71.9 cm³/mol. The number of urea groups is 1. The lowest BCUT2D eigenvalue weighted by atomic mass is 9.95. The summed E-state index contributed by atoms with van der Waals surface area (Å²) in [6.45, 7) is 1.71. The summed E-state index contributed by atoms with van der Waals surface area (Å²) >= 11 is 0. The highest BCUT2D eigenvalue weighted by atomic mass is 16.4. The number of carboxylic acid groups (broad SMARTS) is 1. The van der Waals surface area contributed by atoms with Crippen LogP contribution in [0.15, 0.2) is 0 Å². The Morgan fingerprint density at radius 2 is 2.10 bits per heavy atom. The zero-order valence-electron chi connectivity index (χ0n) is 11.6. The molecule has 1 atom stereocenters. The first kappa shape index (κ1) is 14.6. The number of carbonyl (C=O) groups excluding carboxylic acids is 1. The number of nitrogens with zero attached hydrogens (tertiary/aromatic N) is 3. The number of carbonyl (C=O) groups is 2. The highest BCUT2D eigenvalue weighted by Crippen LogP contribution is 2.29. The lowest BCUT2D eigenvalue weighted by molar-refractivity contribution is -0.138. The van der Waals surface area contributed by atoms with Gasteiger partial charge in [0.15, 0.2) is 0 Å². The molecule has 1 N–H and O–H groups in total. The molecule has 2 rings (SSSR count). The number of rotatable bonds is 5. The lowest BCUT2D eigenvalue weighted by Crippen LogP contribution is -2.48. The highest BCUT2D eigenvalue weighted by Gasteiger charge is 2.36. The SMILES string of the molecule is N#CCCN(C(=O)N1CCCC(CC(=O)O)C1)C1CC1. The minimum atomic E-state index is -0.798. The van der Waals surface area contributed by atoms with Crippen LogP contribution < -0.4 is 0 Å². The molecule has 1 saturated carbocycles. The lowest BCUT2D eigenvalue weighted by Gasteiger charge is -2.36. The van der Waals surface area contributed by atoms with Crippen molar-refractivity contribution in [3.63, 3.8) is 0 Å². The molecule has 0 spiro atoms. The molecule has 1 unspecified atom stereocenters. The number of amides is 2. The molecule has 1 aliphatic carbocycles. The van der Waals surface area contributed by atoms with Crippen molar-refractivity contribution in [1.29, 1.82) is 5.26 Å². The summed E-state index contributed by atoms with van der Waals surface area (Å²) in [6, 6.07) is 2.36. The van der Waals surface area contributed by atoms with E-state index in [2.05, 4.69) is 6.07 Å². The van der Waals surface area contributed by atoms with Crippen molar-refractivity contribution in [2.45, 2.75) is 44.6 Å². The Bertz CT molecular complexity index is 414. The van der Waals surface area contributed by atoms with Crippen molar-refractivity contribution in [2.24, 2.45) is 5.92 Å². The third-order valence-corrected chi connectivity index (χ3v) is 3.95. The van der Waals surface area contributed by atoms with Gasteiger partial charge in [-0.1, -0.05) is 0 Å². The van der Waals surface area contributed by atoms with Crippen LogP contribution in [0.1, 0.15) is 38.5 Å². The molecule has 0 bridgehead atoms. The average Bonchev–Trinajstić information content (AvgIpc) is 3.23. The molecular weight excluding hydrogens is 258 g/mol. The van der Waals surface area contributed by atoms with Gasteiger partial charge in [0.25, 0.3) is 0 Å². The number of carboxylic acids is 1. The summed E-state index contributed by atoms with van der Waals surface area (Å²) < 4.78 is 0. The van der Waals surface area contributed by atoms with Crippen molar-refractivity contribution in [2.75, 3.05) is 19.6 Å². The Balaban J connectivity index is 1.92. The first-order valence-electron chi connectivity index (χ1n) is 7.26. The topological polar surface area (TPSA) is 84.6 Å². The fraction of sp³-hybridized carbons (Fsp3) is 0.786. The van der Waals surface area contributed by atoms with Crippen molar-refractivity contribution in [3.8, 4) is 6.07 Å². The number of likely N-dealkylation sites (tertiary alicyclic amines) is 1. The van der Waals surface area contributed by atoms with E-state index in [1.54, 1.807) is 9.80 Å². The normalized spacial score (nSPS) is 22.1. The summed E-state index contributed by atoms with van der Waals surface area (Å²) in [6.07, 6.45) is 4.26. The molecule has 2 fully saturated rings. The van der Waals surface area contributed by atoms with Gasteiger partial charge in [-0.2, -0.15) is 5.26 Å². The third-order valence-electron chi connectivity index (χ3n) is 3.95. The van der Waals surface area contributed by atoms with E-state index in [1.165, 1.54) is 0 Å². The molecule has 20 heavy (non-hydrogen) atoms. The minimum absolute atomic E-state index is 0.0159. The van der Waals surface area contributed by atoms with Crippen molar-refractivity contribution >= 4 is 12.0 Å². The number of hydrogen-bond donors (Lipinski definition) is 1. The van der Waals surface area contributed by atoms with E-state index < -0.39 is 5.97 Å². The minimum Gasteiger partial charge on any atom is -0.481 e. The maximum absolute atomic E-state index is 12.5. The highest BCUT2D eigenvalue weighted by molar-refractivity contribution is 5.75. The second-order valence-corrected chi connectivity index (χ2v) is 5.67. The van der Waals surface area contributed by atoms with E-state index in [9.17, 15) is 9.59 Å². The van der Waals surface area contributed by atoms with Crippen LogP contribution in [0.2, 0.25) is 0 Å². The fourth-order valence-corrected chi connectivity index (χ4v) is 2.83. The van der Waals surface area contributed by atoms with E-state index >= 15 is 0 Å². The largest absolute Gasteiger partial charge is 0.481 e. The Morgan fingerprint density at radius 3 is 2.70 bits per heavy atom. The van der Waals surface area contributed by atoms with E-state index in [4.69, 9.17) is 10.4 Å². The number of nitriles is 1. The maximum Gasteiger partial charge on any atom is 0.320 e. The van der Waals surface area contributed by atoms with Crippen LogP contribution in [-0.4, -0.2) is 52.6 Å². The molecule has 2 amide bonds. The molecule has 0 aromatic rings. The van der Waals surface area contributed by atoms with E-state index in [0.717, 1.165) is 25.7 Å². The van der Waals surface area contributed by atoms with Gasteiger partial charge >= 0.3 is 12.0 Å². The van der Waals surface area contributed by atoms with Gasteiger partial charge in [-0.15, -0.1) is 0 Å². The first-order chi connectivity index (χ1) is 9.61. The molecule has 110 valence electrons. The summed E-state index contributed by atoms with van der Waals surface area (Å²) in [5, 5.41) is 17.5. The quantitative estimate of drug-likeness (QED) is 0.829. The summed E-state index contributed by atoms with van der Waals surface area (Å²) in [5.74, 6) is -0.741. The second kappa shape index (κ2) is 6.60. The van der Waals surface area contributed by atoms with Gasteiger partial charge < -0.3 is 14.9 Å². The molecule has 1 heterocycles. The van der Waals surface area contributed by atoms with Gasteiger partial charge in [0, 0.05) is 32.1 Å². The number of hydrogen-bond acceptors (Lipinski definition) is 3. The van der Waals surface area contributed by atoms with E-state index in [0.29, 0.717) is 26.1 Å². The van der Waals surface area contributed by atoms with Crippen LogP contribution in [0.5, 0.6) is 0 Å². The first-order valence-corrected chi connectivity index (χ1v) is 7.26. The van der Waals surface area contributed by atoms with Crippen LogP contribution in [0, 0.1) is 17.2 Å². The Morgan fingerprint density at radius 1 is 1.35 bits per heavy atom. The van der Waals surface area contributed by atoms with Gasteiger partial charge in [0.05, 0.1) is 12.5 Å². The molecule has 0 aromatic carbocycles. The van der Waals surface area contributed by atoms with Gasteiger partial charge in [-0.05, 0) is 31.6 Å².